The van der Waals surface area contributed by atoms with Gasteiger partial charge in [0.2, 0.25) is 0 Å². The number of alkyl halides is 2. The van der Waals surface area contributed by atoms with Crippen LogP contribution in [0.15, 0.2) is 24.7 Å². The van der Waals surface area contributed by atoms with Crippen LogP contribution >= 0.6 is 0 Å². The van der Waals surface area contributed by atoms with Crippen molar-refractivity contribution < 1.29 is 8.78 Å². The van der Waals surface area contributed by atoms with E-state index in [4.69, 9.17) is 5.41 Å². The molecule has 9 heteroatoms. The van der Waals surface area contributed by atoms with Crippen molar-refractivity contribution in [1.29, 1.82) is 5.41 Å². The molecule has 26 heavy (non-hydrogen) atoms. The molecule has 1 fully saturated rings. The van der Waals surface area contributed by atoms with Crippen molar-refractivity contribution in [3.05, 3.63) is 30.5 Å². The van der Waals surface area contributed by atoms with Gasteiger partial charge in [0.1, 0.15) is 18.0 Å². The van der Waals surface area contributed by atoms with E-state index < -0.39 is 12.1 Å². The molecular formula is C17H21F2N7. The first-order valence-corrected chi connectivity index (χ1v) is 8.38. The first-order chi connectivity index (χ1) is 12.5. The Labute approximate surface area is 150 Å². The van der Waals surface area contributed by atoms with Crippen LogP contribution in [0.2, 0.25) is 0 Å². The van der Waals surface area contributed by atoms with Gasteiger partial charge in [0.15, 0.2) is 0 Å². The van der Waals surface area contributed by atoms with E-state index in [2.05, 4.69) is 44.0 Å². The maximum Gasteiger partial charge on any atom is 0.279 e. The van der Waals surface area contributed by atoms with E-state index in [0.717, 1.165) is 25.0 Å². The molecule has 0 saturated carbocycles. The number of halogens is 2. The quantitative estimate of drug-likeness (QED) is 0.711. The second-order valence-corrected chi connectivity index (χ2v) is 6.21. The van der Waals surface area contributed by atoms with E-state index in [0.29, 0.717) is 29.3 Å². The summed E-state index contributed by atoms with van der Waals surface area (Å²) in [6.07, 6.45) is 2.67. The first-order valence-electron chi connectivity index (χ1n) is 8.38. The number of aromatic amines is 1. The molecule has 2 aromatic rings. The summed E-state index contributed by atoms with van der Waals surface area (Å²) in [5.41, 5.74) is 0.575. The van der Waals surface area contributed by atoms with Crippen LogP contribution in [-0.2, 0) is 0 Å². The lowest BCUT2D eigenvalue weighted by Gasteiger charge is -2.39. The third-order valence-electron chi connectivity index (χ3n) is 4.51. The molecule has 0 bridgehead atoms. The molecule has 1 aliphatic rings. The Morgan fingerprint density at radius 2 is 2.15 bits per heavy atom. The minimum absolute atomic E-state index is 0.298. The molecule has 0 amide bonds. The molecule has 2 atom stereocenters. The van der Waals surface area contributed by atoms with Gasteiger partial charge >= 0.3 is 0 Å². The highest BCUT2D eigenvalue weighted by atomic mass is 19.3. The predicted octanol–water partition coefficient (Wildman–Crippen LogP) is 2.35. The second kappa shape index (κ2) is 7.69. The molecule has 2 aromatic heterocycles. The van der Waals surface area contributed by atoms with Crippen LogP contribution in [0.1, 0.15) is 19.7 Å². The van der Waals surface area contributed by atoms with Crippen molar-refractivity contribution >= 4 is 17.6 Å². The minimum Gasteiger partial charge on any atom is -0.351 e. The van der Waals surface area contributed by atoms with Gasteiger partial charge in [0.05, 0.1) is 23.3 Å². The van der Waals surface area contributed by atoms with Gasteiger partial charge in [-0.25, -0.2) is 23.7 Å². The van der Waals surface area contributed by atoms with Crippen LogP contribution in [0.4, 0.5) is 14.6 Å². The minimum atomic E-state index is -2.80. The number of rotatable bonds is 5. The molecule has 138 valence electrons. The first kappa shape index (κ1) is 18.1. The molecular weight excluding hydrogens is 340 g/mol. The summed E-state index contributed by atoms with van der Waals surface area (Å²) < 4.78 is 24.7. The third-order valence-corrected chi connectivity index (χ3v) is 4.51. The molecule has 1 aliphatic heterocycles. The number of anilines is 1. The van der Waals surface area contributed by atoms with Crippen LogP contribution in [0.25, 0.3) is 17.5 Å². The molecule has 3 N–H and O–H groups in total. The summed E-state index contributed by atoms with van der Waals surface area (Å²) in [5, 5.41) is 10.6. The van der Waals surface area contributed by atoms with Crippen molar-refractivity contribution in [1.82, 2.24) is 25.3 Å². The fourth-order valence-electron chi connectivity index (χ4n) is 2.82. The summed E-state index contributed by atoms with van der Waals surface area (Å²) >= 11 is 0. The Balaban J connectivity index is 1.79. The zero-order valence-corrected chi connectivity index (χ0v) is 14.6. The maximum atomic E-state index is 12.3. The fraction of sp³-hybridized carbons (Fsp3) is 0.412. The number of nitrogens with zero attached hydrogens (tertiary/aromatic N) is 4. The third kappa shape index (κ3) is 3.93. The maximum absolute atomic E-state index is 12.3. The standard InChI is InChI=1S/C17H21F2N7/c1-10-11(2)26(6-5-21-10)16-7-13(23-9-24-16)14-8-22-15(25-14)4-3-12(20)17(18)19/h3-4,7-11,17,20-21H,5-6H2,1-2H3,(H,22,25)/b4-3-,20-12?. The van der Waals surface area contributed by atoms with Gasteiger partial charge in [-0.3, -0.25) is 5.41 Å². The average molecular weight is 361 g/mol. The normalized spacial score (nSPS) is 20.9. The largest absolute Gasteiger partial charge is 0.351 e. The van der Waals surface area contributed by atoms with Gasteiger partial charge in [0, 0.05) is 31.2 Å². The van der Waals surface area contributed by atoms with Crippen LogP contribution in [0.3, 0.4) is 0 Å². The number of H-pyrrole nitrogens is 1. The Kier molecular flexibility index (Phi) is 5.36. The lowest BCUT2D eigenvalue weighted by molar-refractivity contribution is 0.226. The summed E-state index contributed by atoms with van der Waals surface area (Å²) in [7, 11) is 0. The molecule has 1 saturated heterocycles. The van der Waals surface area contributed by atoms with Gasteiger partial charge in [-0.05, 0) is 26.0 Å². The number of nitrogens with one attached hydrogen (secondary N) is 3. The van der Waals surface area contributed by atoms with Crippen molar-refractivity contribution in [2.75, 3.05) is 18.0 Å². The topological polar surface area (TPSA) is 93.6 Å². The van der Waals surface area contributed by atoms with E-state index in [1.165, 1.54) is 12.4 Å². The molecule has 0 radical (unpaired) electrons. The van der Waals surface area contributed by atoms with Crippen molar-refractivity contribution in [3.8, 4) is 11.4 Å². The Hall–Kier alpha value is -2.68. The van der Waals surface area contributed by atoms with E-state index in [1.807, 2.05) is 6.07 Å². The van der Waals surface area contributed by atoms with E-state index in [-0.39, 0.29) is 0 Å². The number of hydrogen-bond donors (Lipinski definition) is 3. The molecule has 0 aliphatic carbocycles. The summed E-state index contributed by atoms with van der Waals surface area (Å²) in [6, 6.07) is 2.54. The Morgan fingerprint density at radius 3 is 2.92 bits per heavy atom. The Bertz CT molecular complexity index is 802. The average Bonchev–Trinajstić information content (AvgIpc) is 3.11. The number of allylic oxidation sites excluding steroid dienone is 1. The predicted molar refractivity (Wildman–Crippen MR) is 96.7 cm³/mol. The fourth-order valence-corrected chi connectivity index (χ4v) is 2.82. The summed E-state index contributed by atoms with van der Waals surface area (Å²) in [4.78, 5) is 18.0. The van der Waals surface area contributed by atoms with Gasteiger partial charge in [-0.15, -0.1) is 0 Å². The van der Waals surface area contributed by atoms with E-state index >= 15 is 0 Å². The van der Waals surface area contributed by atoms with E-state index in [1.54, 1.807) is 6.20 Å². The highest BCUT2D eigenvalue weighted by Crippen LogP contribution is 2.23. The zero-order valence-electron chi connectivity index (χ0n) is 14.6. The molecule has 0 spiro atoms. The molecule has 7 nitrogen and oxygen atoms in total. The number of imidazole rings is 1. The van der Waals surface area contributed by atoms with Crippen LogP contribution < -0.4 is 10.2 Å². The zero-order chi connectivity index (χ0) is 18.7. The van der Waals surface area contributed by atoms with Crippen molar-refractivity contribution in [2.24, 2.45) is 0 Å². The SMILES string of the molecule is CC1NCCN(c2cc(-c3cnc(/C=C\C(=N)C(F)F)[nH]3)ncn2)C1C. The summed E-state index contributed by atoms with van der Waals surface area (Å²) in [5.74, 6) is 1.22. The van der Waals surface area contributed by atoms with Crippen LogP contribution in [-0.4, -0.2) is 57.2 Å². The van der Waals surface area contributed by atoms with Gasteiger partial charge in [-0.1, -0.05) is 0 Å². The molecule has 3 heterocycles. The van der Waals surface area contributed by atoms with Gasteiger partial charge in [-0.2, -0.15) is 0 Å². The van der Waals surface area contributed by atoms with Gasteiger partial charge < -0.3 is 15.2 Å². The number of piperazine rings is 1. The lowest BCUT2D eigenvalue weighted by Crippen LogP contribution is -2.55. The van der Waals surface area contributed by atoms with E-state index in [9.17, 15) is 8.78 Å². The highest BCUT2D eigenvalue weighted by Gasteiger charge is 2.25. The summed E-state index contributed by atoms with van der Waals surface area (Å²) in [6.45, 7) is 6.04. The Morgan fingerprint density at radius 1 is 1.35 bits per heavy atom. The smallest absolute Gasteiger partial charge is 0.279 e. The monoisotopic (exact) mass is 361 g/mol. The number of hydrogen-bond acceptors (Lipinski definition) is 6. The van der Waals surface area contributed by atoms with Crippen LogP contribution in [0, 0.1) is 5.41 Å². The molecule has 2 unspecified atom stereocenters. The van der Waals surface area contributed by atoms with Crippen molar-refractivity contribution in [3.63, 3.8) is 0 Å². The van der Waals surface area contributed by atoms with Gasteiger partial charge in [0.25, 0.3) is 6.43 Å². The highest BCUT2D eigenvalue weighted by molar-refractivity contribution is 5.97. The molecule has 3 rings (SSSR count). The lowest BCUT2D eigenvalue weighted by atomic mass is 10.1. The second-order valence-electron chi connectivity index (χ2n) is 6.21. The molecule has 0 aromatic carbocycles. The van der Waals surface area contributed by atoms with Crippen LogP contribution in [0.5, 0.6) is 0 Å². The number of aromatic nitrogens is 4. The van der Waals surface area contributed by atoms with Crippen molar-refractivity contribution in [2.45, 2.75) is 32.4 Å².